The van der Waals surface area contributed by atoms with Gasteiger partial charge in [-0.3, -0.25) is 14.4 Å². The maximum Gasteiger partial charge on any atom is 0.335 e. The predicted molar refractivity (Wildman–Crippen MR) is 204 cm³/mol. The quantitative estimate of drug-likeness (QED) is 0.0716. The zero-order chi connectivity index (χ0) is 42.0. The van der Waals surface area contributed by atoms with Crippen molar-refractivity contribution in [2.75, 3.05) is 132 Å². The molecular formula is C38H58N6O15. The zero-order valence-corrected chi connectivity index (χ0v) is 33.8. The van der Waals surface area contributed by atoms with E-state index in [1.165, 1.54) is 0 Å². The highest BCUT2D eigenvalue weighted by Crippen LogP contribution is 2.14. The number of aryl methyl sites for hydroxylation is 1. The SMILES string of the molecule is Cc1nnc(-c2ccc(CNC(=O)CCOCCOCCOCCOCCOCCOCCOCCOCCOCCOCCC(=O)ON3C(=O)CCC3=O)cc2)nn1. The molecule has 0 spiro atoms. The average molecular weight is 839 g/mol. The number of hydrogen-bond donors (Lipinski definition) is 1. The van der Waals surface area contributed by atoms with Crippen LogP contribution < -0.4 is 5.32 Å². The summed E-state index contributed by atoms with van der Waals surface area (Å²) in [5, 5.41) is 19.3. The summed E-state index contributed by atoms with van der Waals surface area (Å²) in [5.41, 5.74) is 1.75. The van der Waals surface area contributed by atoms with E-state index in [0.29, 0.717) is 142 Å². The van der Waals surface area contributed by atoms with E-state index in [9.17, 15) is 19.2 Å². The molecule has 1 saturated heterocycles. The Bertz CT molecular complexity index is 1430. The van der Waals surface area contributed by atoms with Crippen molar-refractivity contribution in [3.8, 4) is 11.4 Å². The van der Waals surface area contributed by atoms with Crippen LogP contribution in [-0.4, -0.2) is 181 Å². The third-order valence-electron chi connectivity index (χ3n) is 7.75. The minimum absolute atomic E-state index is 0.0535. The van der Waals surface area contributed by atoms with E-state index in [4.69, 9.17) is 52.2 Å². The van der Waals surface area contributed by atoms with Crippen molar-refractivity contribution in [1.82, 2.24) is 30.8 Å². The van der Waals surface area contributed by atoms with Gasteiger partial charge in [-0.2, -0.15) is 0 Å². The maximum atomic E-state index is 12.1. The number of amides is 3. The van der Waals surface area contributed by atoms with E-state index >= 15 is 0 Å². The van der Waals surface area contributed by atoms with E-state index in [1.807, 2.05) is 24.3 Å². The van der Waals surface area contributed by atoms with Crippen LogP contribution in [0, 0.1) is 6.92 Å². The Kier molecular flexibility index (Phi) is 27.2. The fourth-order valence-electron chi connectivity index (χ4n) is 4.66. The van der Waals surface area contributed by atoms with Crippen LogP contribution in [-0.2, 0) is 77.9 Å². The van der Waals surface area contributed by atoms with Gasteiger partial charge in [0, 0.05) is 31.4 Å². The Balaban J connectivity index is 0.930. The van der Waals surface area contributed by atoms with E-state index in [0.717, 1.165) is 11.1 Å². The molecule has 1 fully saturated rings. The molecule has 21 heteroatoms. The van der Waals surface area contributed by atoms with Gasteiger partial charge >= 0.3 is 5.97 Å². The lowest BCUT2D eigenvalue weighted by atomic mass is 10.1. The molecule has 1 aliphatic rings. The van der Waals surface area contributed by atoms with Crippen molar-refractivity contribution in [2.24, 2.45) is 0 Å². The molecule has 1 aliphatic heterocycles. The Morgan fingerprint density at radius 1 is 0.525 bits per heavy atom. The highest BCUT2D eigenvalue weighted by atomic mass is 16.7. The smallest absolute Gasteiger partial charge is 0.335 e. The molecular weight excluding hydrogens is 780 g/mol. The van der Waals surface area contributed by atoms with Gasteiger partial charge in [0.05, 0.1) is 139 Å². The molecule has 59 heavy (non-hydrogen) atoms. The molecule has 0 bridgehead atoms. The summed E-state index contributed by atoms with van der Waals surface area (Å²) in [6.07, 6.45) is 0.284. The van der Waals surface area contributed by atoms with Crippen molar-refractivity contribution in [3.63, 3.8) is 0 Å². The maximum absolute atomic E-state index is 12.1. The van der Waals surface area contributed by atoms with Crippen molar-refractivity contribution >= 4 is 23.7 Å². The Morgan fingerprint density at radius 2 is 0.881 bits per heavy atom. The van der Waals surface area contributed by atoms with Crippen LogP contribution in [0.4, 0.5) is 0 Å². The van der Waals surface area contributed by atoms with Gasteiger partial charge < -0.3 is 57.5 Å². The second-order valence-electron chi connectivity index (χ2n) is 12.4. The molecule has 2 aromatic rings. The first-order valence-corrected chi connectivity index (χ1v) is 19.7. The third-order valence-corrected chi connectivity index (χ3v) is 7.75. The molecule has 1 aromatic heterocycles. The van der Waals surface area contributed by atoms with Gasteiger partial charge in [-0.15, -0.1) is 25.5 Å². The summed E-state index contributed by atoms with van der Waals surface area (Å²) >= 11 is 0. The van der Waals surface area contributed by atoms with Crippen molar-refractivity contribution < 1.29 is 71.4 Å². The molecule has 0 aliphatic carbocycles. The first-order valence-electron chi connectivity index (χ1n) is 19.7. The highest BCUT2D eigenvalue weighted by Gasteiger charge is 2.32. The second kappa shape index (κ2) is 32.7. The molecule has 0 saturated carbocycles. The topological polar surface area (TPSA) is 237 Å². The van der Waals surface area contributed by atoms with E-state index < -0.39 is 17.8 Å². The highest BCUT2D eigenvalue weighted by molar-refractivity contribution is 6.01. The van der Waals surface area contributed by atoms with Crippen LogP contribution in [0.15, 0.2) is 24.3 Å². The molecule has 0 atom stereocenters. The summed E-state index contributed by atoms with van der Waals surface area (Å²) in [7, 11) is 0. The largest absolute Gasteiger partial charge is 0.379 e. The van der Waals surface area contributed by atoms with Crippen LogP contribution in [0.3, 0.4) is 0 Å². The fourth-order valence-corrected chi connectivity index (χ4v) is 4.66. The summed E-state index contributed by atoms with van der Waals surface area (Å²) in [6.45, 7) is 10.1. The van der Waals surface area contributed by atoms with Crippen LogP contribution in [0.5, 0.6) is 0 Å². The fraction of sp³-hybridized carbons (Fsp3) is 0.684. The summed E-state index contributed by atoms with van der Waals surface area (Å²) in [6, 6.07) is 7.53. The minimum atomic E-state index is -0.705. The van der Waals surface area contributed by atoms with Gasteiger partial charge in [-0.1, -0.05) is 24.3 Å². The van der Waals surface area contributed by atoms with Crippen LogP contribution in [0.25, 0.3) is 11.4 Å². The number of carbonyl (C=O) groups excluding carboxylic acids is 4. The number of rotatable bonds is 37. The van der Waals surface area contributed by atoms with Gasteiger partial charge in [-0.05, 0) is 12.5 Å². The average Bonchev–Trinajstić information content (AvgIpc) is 3.55. The number of nitrogens with zero attached hydrogens (tertiary/aromatic N) is 5. The normalized spacial score (nSPS) is 12.7. The first kappa shape index (κ1) is 49.2. The number of benzene rings is 1. The lowest BCUT2D eigenvalue weighted by Crippen LogP contribution is -2.32. The van der Waals surface area contributed by atoms with Gasteiger partial charge in [0.25, 0.3) is 11.8 Å². The number of aromatic nitrogens is 4. The zero-order valence-electron chi connectivity index (χ0n) is 33.8. The van der Waals surface area contributed by atoms with Crippen LogP contribution >= 0.6 is 0 Å². The molecule has 21 nitrogen and oxygen atoms in total. The van der Waals surface area contributed by atoms with Gasteiger partial charge in [0.1, 0.15) is 0 Å². The molecule has 1 aromatic carbocycles. The van der Waals surface area contributed by atoms with Gasteiger partial charge in [0.2, 0.25) is 11.7 Å². The van der Waals surface area contributed by atoms with Crippen molar-refractivity contribution in [1.29, 1.82) is 0 Å². The number of ether oxygens (including phenoxy) is 10. The molecule has 0 radical (unpaired) electrons. The molecule has 330 valence electrons. The lowest BCUT2D eigenvalue weighted by molar-refractivity contribution is -0.198. The monoisotopic (exact) mass is 838 g/mol. The van der Waals surface area contributed by atoms with Crippen molar-refractivity contribution in [3.05, 3.63) is 35.7 Å². The number of imide groups is 1. The Labute approximate surface area is 343 Å². The van der Waals surface area contributed by atoms with E-state index in [-0.39, 0.29) is 44.8 Å². The van der Waals surface area contributed by atoms with E-state index in [1.54, 1.807) is 6.92 Å². The standard InChI is InChI=1S/C38H58N6O15/c1-31-40-42-38(43-41-31)33-4-2-32(3-5-33)30-39-34(45)8-10-49-12-14-51-16-18-53-20-22-55-24-26-57-28-29-58-27-25-56-23-21-54-19-17-52-15-13-50-11-9-37(48)59-44-35(46)6-7-36(44)47/h2-5H,6-30H2,1H3,(H,39,45). The van der Waals surface area contributed by atoms with Crippen LogP contribution in [0.1, 0.15) is 37.1 Å². The molecule has 3 amide bonds. The summed E-state index contributed by atoms with van der Waals surface area (Å²) < 4.78 is 54.4. The lowest BCUT2D eigenvalue weighted by Gasteiger charge is -2.12. The number of hydrogen-bond acceptors (Lipinski definition) is 19. The summed E-state index contributed by atoms with van der Waals surface area (Å²) in [5.74, 6) is -0.873. The van der Waals surface area contributed by atoms with E-state index in [2.05, 4.69) is 25.7 Å². The summed E-state index contributed by atoms with van der Waals surface area (Å²) in [4.78, 5) is 51.4. The minimum Gasteiger partial charge on any atom is -0.379 e. The third kappa shape index (κ3) is 24.5. The Hall–Kier alpha value is -4.16. The van der Waals surface area contributed by atoms with Crippen molar-refractivity contribution in [2.45, 2.75) is 39.2 Å². The van der Waals surface area contributed by atoms with Crippen LogP contribution in [0.2, 0.25) is 0 Å². The number of carbonyl (C=O) groups is 4. The van der Waals surface area contributed by atoms with Gasteiger partial charge in [-0.25, -0.2) is 4.79 Å². The Morgan fingerprint density at radius 3 is 1.27 bits per heavy atom. The molecule has 0 unspecified atom stereocenters. The predicted octanol–water partition coefficient (Wildman–Crippen LogP) is 0.412. The number of hydroxylamine groups is 2. The number of nitrogens with one attached hydrogen (secondary N) is 1. The molecule has 1 N–H and O–H groups in total. The molecule has 3 rings (SSSR count). The molecule has 2 heterocycles. The second-order valence-corrected chi connectivity index (χ2v) is 12.4. The van der Waals surface area contributed by atoms with Gasteiger partial charge in [0.15, 0.2) is 5.82 Å². The first-order chi connectivity index (χ1) is 28.9.